The molecular weight excluding hydrogens is 312 g/mol. The molecule has 0 amide bonds. The highest BCUT2D eigenvalue weighted by Crippen LogP contribution is 2.37. The van der Waals surface area contributed by atoms with Crippen LogP contribution in [0.1, 0.15) is 31.9 Å². The molecule has 0 heterocycles. The second-order valence-electron chi connectivity index (χ2n) is 6.96. The third-order valence-electron chi connectivity index (χ3n) is 4.16. The summed E-state index contributed by atoms with van der Waals surface area (Å²) in [6.45, 7) is 11.4. The fourth-order valence-electron chi connectivity index (χ4n) is 1.57. The van der Waals surface area contributed by atoms with Gasteiger partial charge in [-0.1, -0.05) is 45.0 Å². The van der Waals surface area contributed by atoms with Crippen LogP contribution in [0.3, 0.4) is 0 Å². The molecule has 0 aliphatic rings. The third-order valence-corrected chi connectivity index (χ3v) is 8.64. The first-order valence-electron chi connectivity index (χ1n) is 7.35. The summed E-state index contributed by atoms with van der Waals surface area (Å²) in [6, 6.07) is 7.02. The largest absolute Gasteiger partial charge is 0.477 e. The zero-order valence-corrected chi connectivity index (χ0v) is 15.2. The fraction of sp³-hybridized carbons (Fsp3) is 0.412. The van der Waals surface area contributed by atoms with E-state index in [9.17, 15) is 9.59 Å². The number of benzene rings is 1. The maximum Gasteiger partial charge on any atom is 0.343 e. The van der Waals surface area contributed by atoms with E-state index in [1.165, 1.54) is 0 Å². The topological polar surface area (TPSA) is 83.8 Å². The Bertz CT molecular complexity index is 593. The van der Waals surface area contributed by atoms with E-state index in [2.05, 4.69) is 33.9 Å². The zero-order valence-electron chi connectivity index (χ0n) is 14.2. The van der Waals surface area contributed by atoms with Gasteiger partial charge in [0.2, 0.25) is 0 Å². The minimum atomic E-state index is -1.82. The highest BCUT2D eigenvalue weighted by molar-refractivity contribution is 6.74. The molecule has 1 aromatic rings. The summed E-state index contributed by atoms with van der Waals surface area (Å²) >= 11 is 0. The van der Waals surface area contributed by atoms with Crippen molar-refractivity contribution in [1.82, 2.24) is 0 Å². The summed E-state index contributed by atoms with van der Waals surface area (Å²) in [4.78, 5) is 21.7. The van der Waals surface area contributed by atoms with Crippen molar-refractivity contribution in [2.24, 2.45) is 0 Å². The number of rotatable bonds is 6. The zero-order chi connectivity index (χ0) is 17.8. The summed E-state index contributed by atoms with van der Waals surface area (Å²) in [7, 11) is -1.82. The van der Waals surface area contributed by atoms with Crippen molar-refractivity contribution in [2.75, 3.05) is 0 Å². The van der Waals surface area contributed by atoms with Gasteiger partial charge in [-0.2, -0.15) is 0 Å². The van der Waals surface area contributed by atoms with E-state index < -0.39 is 25.8 Å². The SMILES string of the molecule is CC(C)(C)[Si](C)(C)OCc1ccc(C=C(C(=O)O)C(=O)O)cc1. The predicted molar refractivity (Wildman–Crippen MR) is 91.7 cm³/mol. The maximum absolute atomic E-state index is 10.9. The maximum atomic E-state index is 10.9. The molecule has 0 fully saturated rings. The Hall–Kier alpha value is -1.92. The van der Waals surface area contributed by atoms with Gasteiger partial charge in [0.1, 0.15) is 5.57 Å². The molecule has 0 aliphatic heterocycles. The number of hydrogen-bond donors (Lipinski definition) is 2. The molecule has 0 bridgehead atoms. The smallest absolute Gasteiger partial charge is 0.343 e. The van der Waals surface area contributed by atoms with E-state index in [1.807, 2.05) is 12.1 Å². The molecule has 126 valence electrons. The highest BCUT2D eigenvalue weighted by atomic mass is 28.4. The number of hydrogen-bond acceptors (Lipinski definition) is 3. The van der Waals surface area contributed by atoms with Gasteiger partial charge in [0.25, 0.3) is 0 Å². The minimum absolute atomic E-state index is 0.132. The second kappa shape index (κ2) is 7.10. The van der Waals surface area contributed by atoms with Crippen LogP contribution in [0.4, 0.5) is 0 Å². The molecule has 0 aromatic heterocycles. The predicted octanol–water partition coefficient (Wildman–Crippen LogP) is 3.76. The van der Waals surface area contributed by atoms with Gasteiger partial charge in [-0.15, -0.1) is 0 Å². The average molecular weight is 336 g/mol. The van der Waals surface area contributed by atoms with Crippen LogP contribution in [0.25, 0.3) is 6.08 Å². The second-order valence-corrected chi connectivity index (χ2v) is 11.8. The highest BCUT2D eigenvalue weighted by Gasteiger charge is 2.36. The summed E-state index contributed by atoms with van der Waals surface area (Å²) < 4.78 is 6.11. The van der Waals surface area contributed by atoms with Gasteiger partial charge in [-0.25, -0.2) is 9.59 Å². The summed E-state index contributed by atoms with van der Waals surface area (Å²) in [5, 5.41) is 17.8. The Morgan fingerprint density at radius 3 is 1.96 bits per heavy atom. The van der Waals surface area contributed by atoms with Gasteiger partial charge in [-0.05, 0) is 35.3 Å². The summed E-state index contributed by atoms with van der Waals surface area (Å²) in [5.41, 5.74) is 0.843. The average Bonchev–Trinajstić information content (AvgIpc) is 2.42. The number of carboxylic acid groups (broad SMARTS) is 2. The van der Waals surface area contributed by atoms with Crippen LogP contribution in [0, 0.1) is 0 Å². The lowest BCUT2D eigenvalue weighted by Gasteiger charge is -2.36. The first-order chi connectivity index (χ1) is 10.4. The molecule has 0 spiro atoms. The fourth-order valence-corrected chi connectivity index (χ4v) is 2.53. The Labute approximate surface area is 137 Å². The van der Waals surface area contributed by atoms with Crippen molar-refractivity contribution in [3.63, 3.8) is 0 Å². The van der Waals surface area contributed by atoms with Gasteiger partial charge >= 0.3 is 11.9 Å². The van der Waals surface area contributed by atoms with E-state index in [4.69, 9.17) is 14.6 Å². The molecule has 0 atom stereocenters. The summed E-state index contributed by atoms with van der Waals surface area (Å²) in [6.07, 6.45) is 1.14. The molecule has 1 aromatic carbocycles. The molecular formula is C17H24O5Si. The molecule has 0 aliphatic carbocycles. The molecule has 0 radical (unpaired) electrons. The van der Waals surface area contributed by atoms with Gasteiger partial charge in [0, 0.05) is 0 Å². The van der Waals surface area contributed by atoms with Crippen LogP contribution >= 0.6 is 0 Å². The Morgan fingerprint density at radius 1 is 1.09 bits per heavy atom. The van der Waals surface area contributed by atoms with Crippen molar-refractivity contribution >= 4 is 26.3 Å². The van der Waals surface area contributed by atoms with Gasteiger partial charge in [0.05, 0.1) is 6.61 Å². The molecule has 6 heteroatoms. The normalized spacial score (nSPS) is 11.9. The van der Waals surface area contributed by atoms with Crippen molar-refractivity contribution in [3.8, 4) is 0 Å². The van der Waals surface area contributed by atoms with Crippen LogP contribution in [-0.4, -0.2) is 30.5 Å². The molecule has 2 N–H and O–H groups in total. The molecule has 23 heavy (non-hydrogen) atoms. The lowest BCUT2D eigenvalue weighted by atomic mass is 10.1. The first-order valence-corrected chi connectivity index (χ1v) is 10.3. The van der Waals surface area contributed by atoms with Crippen molar-refractivity contribution in [1.29, 1.82) is 0 Å². The molecule has 0 saturated heterocycles. The van der Waals surface area contributed by atoms with E-state index in [0.29, 0.717) is 12.2 Å². The standard InChI is InChI=1S/C17H24O5Si/c1-17(2,3)23(4,5)22-11-13-8-6-12(7-9-13)10-14(15(18)19)16(20)21/h6-10H,11H2,1-5H3,(H,18,19)(H,20,21). The van der Waals surface area contributed by atoms with Gasteiger partial charge < -0.3 is 14.6 Å². The van der Waals surface area contributed by atoms with Gasteiger partial charge in [0.15, 0.2) is 8.32 Å². The lowest BCUT2D eigenvalue weighted by molar-refractivity contribution is -0.140. The number of carboxylic acids is 2. The molecule has 0 saturated carbocycles. The van der Waals surface area contributed by atoms with Gasteiger partial charge in [-0.3, -0.25) is 0 Å². The molecule has 1 rings (SSSR count). The Morgan fingerprint density at radius 2 is 1.57 bits per heavy atom. The monoisotopic (exact) mass is 336 g/mol. The minimum Gasteiger partial charge on any atom is -0.477 e. The van der Waals surface area contributed by atoms with Crippen LogP contribution < -0.4 is 0 Å². The quantitative estimate of drug-likeness (QED) is 0.358. The van der Waals surface area contributed by atoms with Crippen LogP contribution in [0.5, 0.6) is 0 Å². The van der Waals surface area contributed by atoms with Crippen molar-refractivity contribution < 1.29 is 24.2 Å². The van der Waals surface area contributed by atoms with Crippen LogP contribution in [0.15, 0.2) is 29.8 Å². The van der Waals surface area contributed by atoms with Crippen molar-refractivity contribution in [2.45, 2.75) is 45.5 Å². The lowest BCUT2D eigenvalue weighted by Crippen LogP contribution is -2.40. The summed E-state index contributed by atoms with van der Waals surface area (Å²) in [5.74, 6) is -2.91. The van der Waals surface area contributed by atoms with E-state index in [-0.39, 0.29) is 5.04 Å². The molecule has 5 nitrogen and oxygen atoms in total. The Kier molecular flexibility index (Phi) is 5.90. The van der Waals surface area contributed by atoms with Crippen LogP contribution in [-0.2, 0) is 20.6 Å². The van der Waals surface area contributed by atoms with E-state index in [1.54, 1.807) is 12.1 Å². The van der Waals surface area contributed by atoms with E-state index in [0.717, 1.165) is 11.6 Å². The molecule has 0 unspecified atom stereocenters. The van der Waals surface area contributed by atoms with E-state index >= 15 is 0 Å². The van der Waals surface area contributed by atoms with Crippen LogP contribution in [0.2, 0.25) is 18.1 Å². The number of carbonyl (C=O) groups is 2. The van der Waals surface area contributed by atoms with Crippen molar-refractivity contribution in [3.05, 3.63) is 41.0 Å². The number of aliphatic carboxylic acids is 2. The first kappa shape index (κ1) is 19.1. The Balaban J connectivity index is 2.84. The third kappa shape index (κ3) is 5.33.